The number of nitrogens with zero attached hydrogens (tertiary/aromatic N) is 2. The first-order valence-electron chi connectivity index (χ1n) is 9.42. The van der Waals surface area contributed by atoms with Gasteiger partial charge in [-0.25, -0.2) is 4.98 Å². The summed E-state index contributed by atoms with van der Waals surface area (Å²) in [5.41, 5.74) is 1.27. The number of carbonyl (C=O) groups excluding carboxylic acids is 2. The molecule has 8 heteroatoms. The minimum atomic E-state index is -0.191. The van der Waals surface area contributed by atoms with Crippen LogP contribution in [0.4, 0.5) is 0 Å². The monoisotopic (exact) mass is 421 g/mol. The lowest BCUT2D eigenvalue weighted by Crippen LogP contribution is -2.35. The molecule has 0 radical (unpaired) electrons. The smallest absolute Gasteiger partial charge is 0.255 e. The highest BCUT2D eigenvalue weighted by Gasteiger charge is 2.17. The van der Waals surface area contributed by atoms with Gasteiger partial charge >= 0.3 is 0 Å². The second-order valence-electron chi connectivity index (χ2n) is 6.72. The number of hydrogen-bond donors (Lipinski definition) is 1. The number of ether oxygens (including phenoxy) is 1. The van der Waals surface area contributed by atoms with Gasteiger partial charge in [-0.2, -0.15) is 0 Å². The van der Waals surface area contributed by atoms with Crippen LogP contribution < -0.4 is 10.1 Å². The normalized spacial score (nSPS) is 16.1. The Hall–Kier alpha value is -2.12. The molecule has 2 heterocycles. The molecule has 0 bridgehead atoms. The van der Waals surface area contributed by atoms with Crippen molar-refractivity contribution in [2.45, 2.75) is 32.6 Å². The van der Waals surface area contributed by atoms with Crippen LogP contribution in [0.3, 0.4) is 0 Å². The highest BCUT2D eigenvalue weighted by molar-refractivity contribution is 7.09. The van der Waals surface area contributed by atoms with Crippen LogP contribution in [-0.4, -0.2) is 47.9 Å². The number of carbonyl (C=O) groups is 2. The summed E-state index contributed by atoms with van der Waals surface area (Å²) in [4.78, 5) is 31.4. The molecule has 0 unspecified atom stereocenters. The number of hydrogen-bond acceptors (Lipinski definition) is 5. The summed E-state index contributed by atoms with van der Waals surface area (Å²) in [5.74, 6) is 0.400. The fourth-order valence-corrected chi connectivity index (χ4v) is 3.87. The first-order valence-corrected chi connectivity index (χ1v) is 10.7. The van der Waals surface area contributed by atoms with Gasteiger partial charge in [0.15, 0.2) is 0 Å². The van der Waals surface area contributed by atoms with E-state index in [1.54, 1.807) is 29.5 Å². The summed E-state index contributed by atoms with van der Waals surface area (Å²) in [6, 6.07) is 5.04. The lowest BCUT2D eigenvalue weighted by atomic mass is 10.2. The Balaban J connectivity index is 1.65. The number of fused-ring (bicyclic) bond motifs is 1. The third-order valence-electron chi connectivity index (χ3n) is 4.51. The van der Waals surface area contributed by atoms with Gasteiger partial charge in [-0.15, -0.1) is 11.3 Å². The molecule has 6 nitrogen and oxygen atoms in total. The quantitative estimate of drug-likeness (QED) is 0.805. The Morgan fingerprint density at radius 2 is 2.14 bits per heavy atom. The second-order valence-corrected chi connectivity index (χ2v) is 8.22. The zero-order valence-corrected chi connectivity index (χ0v) is 17.4. The van der Waals surface area contributed by atoms with E-state index in [9.17, 15) is 9.59 Å². The van der Waals surface area contributed by atoms with Gasteiger partial charge in [0, 0.05) is 30.0 Å². The molecule has 1 aliphatic rings. The van der Waals surface area contributed by atoms with E-state index in [1.807, 2.05) is 17.2 Å². The van der Waals surface area contributed by atoms with Crippen LogP contribution >= 0.6 is 22.9 Å². The van der Waals surface area contributed by atoms with Gasteiger partial charge in [-0.1, -0.05) is 11.6 Å². The standard InChI is InChI=1S/C20H24ClN3O3S/c1-14-23-16(13-28-14)12-19(25)24-8-3-2-7-22-20(26)17-11-15(21)5-6-18(17)27-10-4-9-24/h5-6,11,13H,2-4,7-10,12H2,1H3,(H,22,26). The van der Waals surface area contributed by atoms with Gasteiger partial charge < -0.3 is 15.0 Å². The van der Waals surface area contributed by atoms with E-state index < -0.39 is 0 Å². The number of amides is 2. The fourth-order valence-electron chi connectivity index (χ4n) is 3.09. The molecule has 0 aliphatic carbocycles. The molecule has 1 aromatic heterocycles. The van der Waals surface area contributed by atoms with Crippen LogP contribution in [0.5, 0.6) is 5.75 Å². The number of rotatable bonds is 2. The molecule has 0 fully saturated rings. The van der Waals surface area contributed by atoms with Crippen LogP contribution in [0.15, 0.2) is 23.6 Å². The third-order valence-corrected chi connectivity index (χ3v) is 5.57. The van der Waals surface area contributed by atoms with Crippen molar-refractivity contribution < 1.29 is 14.3 Å². The van der Waals surface area contributed by atoms with Crippen molar-refractivity contribution >= 4 is 34.8 Å². The first kappa shape index (κ1) is 20.6. The van der Waals surface area contributed by atoms with Crippen molar-refractivity contribution in [3.8, 4) is 5.75 Å². The minimum Gasteiger partial charge on any atom is -0.493 e. The summed E-state index contributed by atoms with van der Waals surface area (Å²) in [7, 11) is 0. The van der Waals surface area contributed by atoms with Crippen molar-refractivity contribution in [3.63, 3.8) is 0 Å². The van der Waals surface area contributed by atoms with Gasteiger partial charge in [0.1, 0.15) is 5.75 Å². The van der Waals surface area contributed by atoms with E-state index in [0.717, 1.165) is 23.5 Å². The van der Waals surface area contributed by atoms with E-state index >= 15 is 0 Å². The van der Waals surface area contributed by atoms with Crippen LogP contribution in [-0.2, 0) is 11.2 Å². The predicted molar refractivity (Wildman–Crippen MR) is 110 cm³/mol. The van der Waals surface area contributed by atoms with Crippen molar-refractivity contribution in [2.75, 3.05) is 26.2 Å². The SMILES string of the molecule is Cc1nc(CC(=O)N2CCCCNC(=O)c3cc(Cl)ccc3OCCC2)cs1. The zero-order valence-electron chi connectivity index (χ0n) is 15.9. The maximum atomic E-state index is 12.7. The highest BCUT2D eigenvalue weighted by atomic mass is 35.5. The molecule has 1 aromatic carbocycles. The van der Waals surface area contributed by atoms with E-state index in [4.69, 9.17) is 16.3 Å². The maximum absolute atomic E-state index is 12.7. The molecule has 0 atom stereocenters. The maximum Gasteiger partial charge on any atom is 0.255 e. The van der Waals surface area contributed by atoms with Crippen LogP contribution in [0.25, 0.3) is 0 Å². The number of benzene rings is 1. The average Bonchev–Trinajstić information content (AvgIpc) is 3.08. The summed E-state index contributed by atoms with van der Waals surface area (Å²) in [6.07, 6.45) is 2.63. The van der Waals surface area contributed by atoms with Crippen LogP contribution in [0, 0.1) is 6.92 Å². The Morgan fingerprint density at radius 3 is 2.93 bits per heavy atom. The van der Waals surface area contributed by atoms with E-state index in [0.29, 0.717) is 55.4 Å². The molecule has 0 saturated carbocycles. The van der Waals surface area contributed by atoms with Crippen LogP contribution in [0.2, 0.25) is 5.02 Å². The minimum absolute atomic E-state index is 0.0800. The topological polar surface area (TPSA) is 71.5 Å². The largest absolute Gasteiger partial charge is 0.493 e. The Labute approximate surface area is 173 Å². The summed E-state index contributed by atoms with van der Waals surface area (Å²) in [6.45, 7) is 4.18. The van der Waals surface area contributed by atoms with Gasteiger partial charge in [-0.3, -0.25) is 9.59 Å². The molecule has 150 valence electrons. The Bertz CT molecular complexity index is 840. The number of aryl methyl sites for hydroxylation is 1. The number of halogens is 1. The zero-order chi connectivity index (χ0) is 19.9. The van der Waals surface area contributed by atoms with Crippen molar-refractivity contribution in [1.82, 2.24) is 15.2 Å². The summed E-state index contributed by atoms with van der Waals surface area (Å²) in [5, 5.41) is 6.30. The number of nitrogens with one attached hydrogen (secondary N) is 1. The van der Waals surface area contributed by atoms with E-state index in [2.05, 4.69) is 10.3 Å². The molecular weight excluding hydrogens is 398 g/mol. The number of aromatic nitrogens is 1. The van der Waals surface area contributed by atoms with Gasteiger partial charge in [0.25, 0.3) is 5.91 Å². The molecule has 0 spiro atoms. The summed E-state index contributed by atoms with van der Waals surface area (Å²) >= 11 is 7.59. The molecule has 2 amide bonds. The van der Waals surface area contributed by atoms with Gasteiger partial charge in [0.2, 0.25) is 5.91 Å². The predicted octanol–water partition coefficient (Wildman–Crippen LogP) is 3.47. The highest BCUT2D eigenvalue weighted by Crippen LogP contribution is 2.23. The third kappa shape index (κ3) is 5.69. The van der Waals surface area contributed by atoms with Gasteiger partial charge in [-0.05, 0) is 44.4 Å². The molecule has 1 N–H and O–H groups in total. The lowest BCUT2D eigenvalue weighted by Gasteiger charge is -2.22. The van der Waals surface area contributed by atoms with Gasteiger partial charge in [0.05, 0.1) is 29.3 Å². The average molecular weight is 422 g/mol. The van der Waals surface area contributed by atoms with Crippen molar-refractivity contribution in [1.29, 1.82) is 0 Å². The molecule has 3 rings (SSSR count). The molecular formula is C20H24ClN3O3S. The first-order chi connectivity index (χ1) is 13.5. The Kier molecular flexibility index (Phi) is 7.28. The van der Waals surface area contributed by atoms with Crippen LogP contribution in [0.1, 0.15) is 40.3 Å². The fraction of sp³-hybridized carbons (Fsp3) is 0.450. The summed E-state index contributed by atoms with van der Waals surface area (Å²) < 4.78 is 5.81. The van der Waals surface area contributed by atoms with Crippen molar-refractivity contribution in [2.24, 2.45) is 0 Å². The second kappa shape index (κ2) is 9.89. The molecule has 0 saturated heterocycles. The molecule has 2 aromatic rings. The van der Waals surface area contributed by atoms with E-state index in [1.165, 1.54) is 0 Å². The van der Waals surface area contributed by atoms with E-state index in [-0.39, 0.29) is 11.8 Å². The Morgan fingerprint density at radius 1 is 1.32 bits per heavy atom. The lowest BCUT2D eigenvalue weighted by molar-refractivity contribution is -0.130. The molecule has 28 heavy (non-hydrogen) atoms. The molecule has 1 aliphatic heterocycles. The number of thiazole rings is 1. The van der Waals surface area contributed by atoms with Crippen molar-refractivity contribution in [3.05, 3.63) is 44.9 Å².